The molecule has 0 saturated carbocycles. The third kappa shape index (κ3) is 4.25. The van der Waals surface area contributed by atoms with E-state index in [1.165, 1.54) is 12.1 Å². The van der Waals surface area contributed by atoms with Crippen LogP contribution in [0, 0.1) is 5.82 Å². The Morgan fingerprint density at radius 3 is 2.87 bits per heavy atom. The number of rotatable bonds is 5. The summed E-state index contributed by atoms with van der Waals surface area (Å²) in [6.07, 6.45) is 1.62. The minimum absolute atomic E-state index is 0.214. The van der Waals surface area contributed by atoms with Gasteiger partial charge >= 0.3 is 0 Å². The van der Waals surface area contributed by atoms with Crippen molar-refractivity contribution in [2.45, 2.75) is 12.8 Å². The van der Waals surface area contributed by atoms with Gasteiger partial charge in [0.05, 0.1) is 4.99 Å². The van der Waals surface area contributed by atoms with Gasteiger partial charge in [0.15, 0.2) is 0 Å². The fourth-order valence-electron chi connectivity index (χ4n) is 1.33. The number of nitrogens with zero attached hydrogens (tertiary/aromatic N) is 1. The van der Waals surface area contributed by atoms with Crippen LogP contribution in [0.1, 0.15) is 12.8 Å². The van der Waals surface area contributed by atoms with E-state index in [0.29, 0.717) is 4.99 Å². The lowest BCUT2D eigenvalue weighted by Gasteiger charge is -2.18. The van der Waals surface area contributed by atoms with E-state index in [1.807, 2.05) is 18.0 Å². The average Bonchev–Trinajstić information content (AvgIpc) is 2.17. The Morgan fingerprint density at radius 1 is 1.53 bits per heavy atom. The molecular weight excluding hydrogens is 211 g/mol. The zero-order chi connectivity index (χ0) is 11.3. The monoisotopic (exact) mass is 226 g/mol. The van der Waals surface area contributed by atoms with E-state index in [2.05, 4.69) is 0 Å². The molecule has 2 N–H and O–H groups in total. The van der Waals surface area contributed by atoms with Gasteiger partial charge in [-0.2, -0.15) is 0 Å². The third-order valence-corrected chi connectivity index (χ3v) is 2.37. The zero-order valence-corrected chi connectivity index (χ0v) is 9.56. The van der Waals surface area contributed by atoms with E-state index in [-0.39, 0.29) is 5.82 Å². The molecule has 0 heterocycles. The first-order valence-corrected chi connectivity index (χ1v) is 5.25. The maximum absolute atomic E-state index is 12.9. The molecule has 1 aromatic carbocycles. The zero-order valence-electron chi connectivity index (χ0n) is 8.74. The highest BCUT2D eigenvalue weighted by atomic mass is 32.1. The first-order valence-electron chi connectivity index (χ1n) is 4.84. The van der Waals surface area contributed by atoms with Crippen LogP contribution >= 0.6 is 12.2 Å². The summed E-state index contributed by atoms with van der Waals surface area (Å²) in [6, 6.07) is 6.53. The van der Waals surface area contributed by atoms with Crippen LogP contribution in [0.2, 0.25) is 0 Å². The van der Waals surface area contributed by atoms with Crippen LogP contribution in [0.25, 0.3) is 0 Å². The molecule has 0 unspecified atom stereocenters. The van der Waals surface area contributed by atoms with Crippen LogP contribution in [0.5, 0.6) is 0 Å². The highest BCUT2D eigenvalue weighted by molar-refractivity contribution is 7.80. The van der Waals surface area contributed by atoms with Crippen molar-refractivity contribution in [3.05, 3.63) is 30.1 Å². The molecule has 2 nitrogen and oxygen atoms in total. The molecule has 0 amide bonds. The lowest BCUT2D eigenvalue weighted by atomic mass is 10.2. The van der Waals surface area contributed by atoms with Crippen molar-refractivity contribution in [1.29, 1.82) is 0 Å². The van der Waals surface area contributed by atoms with Gasteiger partial charge in [0.2, 0.25) is 0 Å². The maximum Gasteiger partial charge on any atom is 0.125 e. The quantitative estimate of drug-likeness (QED) is 0.781. The van der Waals surface area contributed by atoms with E-state index in [0.717, 1.165) is 25.1 Å². The molecule has 0 atom stereocenters. The van der Waals surface area contributed by atoms with Gasteiger partial charge in [0.1, 0.15) is 5.82 Å². The number of anilines is 1. The second-order valence-corrected chi connectivity index (χ2v) is 4.00. The highest BCUT2D eigenvalue weighted by Gasteiger charge is 2.01. The van der Waals surface area contributed by atoms with Gasteiger partial charge in [0.25, 0.3) is 0 Å². The molecule has 82 valence electrons. The fraction of sp³-hybridized carbons (Fsp3) is 0.364. The molecule has 0 aliphatic rings. The topological polar surface area (TPSA) is 29.3 Å². The highest BCUT2D eigenvalue weighted by Crippen LogP contribution is 2.14. The molecule has 1 aromatic rings. The Labute approximate surface area is 94.9 Å². The van der Waals surface area contributed by atoms with Gasteiger partial charge in [-0.1, -0.05) is 18.3 Å². The number of benzene rings is 1. The summed E-state index contributed by atoms with van der Waals surface area (Å²) in [5, 5.41) is 0. The van der Waals surface area contributed by atoms with Gasteiger partial charge in [-0.3, -0.25) is 0 Å². The van der Waals surface area contributed by atoms with Crippen molar-refractivity contribution in [3.8, 4) is 0 Å². The first-order chi connectivity index (χ1) is 7.09. The van der Waals surface area contributed by atoms with Crippen molar-refractivity contribution < 1.29 is 4.39 Å². The van der Waals surface area contributed by atoms with E-state index < -0.39 is 0 Å². The predicted octanol–water partition coefficient (Wildman–Crippen LogP) is 2.33. The normalized spacial score (nSPS) is 10.0. The van der Waals surface area contributed by atoms with Gasteiger partial charge in [-0.15, -0.1) is 0 Å². The Morgan fingerprint density at radius 2 is 2.27 bits per heavy atom. The molecule has 0 spiro atoms. The minimum Gasteiger partial charge on any atom is -0.393 e. The van der Waals surface area contributed by atoms with Crippen LogP contribution in [-0.4, -0.2) is 18.6 Å². The van der Waals surface area contributed by atoms with Crippen molar-refractivity contribution in [2.24, 2.45) is 5.73 Å². The van der Waals surface area contributed by atoms with Gasteiger partial charge in [-0.05, 0) is 31.0 Å². The Kier molecular flexibility index (Phi) is 4.49. The van der Waals surface area contributed by atoms with Crippen LogP contribution in [0.15, 0.2) is 24.3 Å². The van der Waals surface area contributed by atoms with Gasteiger partial charge < -0.3 is 10.6 Å². The van der Waals surface area contributed by atoms with E-state index >= 15 is 0 Å². The molecule has 4 heteroatoms. The van der Waals surface area contributed by atoms with Gasteiger partial charge in [0, 0.05) is 19.3 Å². The number of nitrogens with two attached hydrogens (primary N) is 1. The van der Waals surface area contributed by atoms with Crippen LogP contribution < -0.4 is 10.6 Å². The molecule has 0 bridgehead atoms. The minimum atomic E-state index is -0.214. The maximum atomic E-state index is 12.9. The standard InChI is InChI=1S/C11H15FN2S/c1-14(7-3-6-11(13)15)10-5-2-4-9(12)8-10/h2,4-5,8H,3,6-7H2,1H3,(H2,13,15). The molecule has 0 saturated heterocycles. The molecule has 0 aromatic heterocycles. The van der Waals surface area contributed by atoms with E-state index in [4.69, 9.17) is 18.0 Å². The molecule has 0 aliphatic carbocycles. The van der Waals surface area contributed by atoms with Crippen molar-refractivity contribution in [3.63, 3.8) is 0 Å². The third-order valence-electron chi connectivity index (χ3n) is 2.17. The number of thiocarbonyl (C=S) groups is 1. The molecule has 15 heavy (non-hydrogen) atoms. The Balaban J connectivity index is 2.46. The van der Waals surface area contributed by atoms with Crippen molar-refractivity contribution >= 4 is 22.9 Å². The molecule has 1 rings (SSSR count). The first kappa shape index (κ1) is 11.9. The smallest absolute Gasteiger partial charge is 0.125 e. The summed E-state index contributed by atoms with van der Waals surface area (Å²) in [6.45, 7) is 0.820. The predicted molar refractivity (Wildman–Crippen MR) is 65.7 cm³/mol. The summed E-state index contributed by atoms with van der Waals surface area (Å²) in [5.41, 5.74) is 6.27. The van der Waals surface area contributed by atoms with Crippen LogP contribution in [0.3, 0.4) is 0 Å². The van der Waals surface area contributed by atoms with E-state index in [9.17, 15) is 4.39 Å². The molecule has 0 fully saturated rings. The number of halogens is 1. The molecule has 0 aliphatic heterocycles. The summed E-state index contributed by atoms with van der Waals surface area (Å²) in [4.78, 5) is 2.52. The summed E-state index contributed by atoms with van der Waals surface area (Å²) in [5.74, 6) is -0.214. The number of hydrogen-bond acceptors (Lipinski definition) is 2. The van der Waals surface area contributed by atoms with Crippen molar-refractivity contribution in [1.82, 2.24) is 0 Å². The fourth-order valence-corrected chi connectivity index (χ4v) is 1.48. The Bertz CT molecular complexity index is 341. The molecule has 0 radical (unpaired) electrons. The van der Waals surface area contributed by atoms with Crippen LogP contribution in [0.4, 0.5) is 10.1 Å². The van der Waals surface area contributed by atoms with Gasteiger partial charge in [-0.25, -0.2) is 4.39 Å². The van der Waals surface area contributed by atoms with Crippen LogP contribution in [-0.2, 0) is 0 Å². The van der Waals surface area contributed by atoms with E-state index in [1.54, 1.807) is 6.07 Å². The SMILES string of the molecule is CN(CCCC(N)=S)c1cccc(F)c1. The second-order valence-electron chi connectivity index (χ2n) is 3.47. The lowest BCUT2D eigenvalue weighted by Crippen LogP contribution is -2.20. The molecular formula is C11H15FN2S. The Hall–Kier alpha value is -1.16. The summed E-state index contributed by atoms with van der Waals surface area (Å²) < 4.78 is 12.9. The summed E-state index contributed by atoms with van der Waals surface area (Å²) >= 11 is 4.78. The largest absolute Gasteiger partial charge is 0.393 e. The number of hydrogen-bond donors (Lipinski definition) is 1. The second kappa shape index (κ2) is 5.66. The van der Waals surface area contributed by atoms with Crippen molar-refractivity contribution in [2.75, 3.05) is 18.5 Å². The average molecular weight is 226 g/mol. The summed E-state index contributed by atoms with van der Waals surface area (Å²) in [7, 11) is 1.92. The lowest BCUT2D eigenvalue weighted by molar-refractivity contribution is 0.627.